The lowest BCUT2D eigenvalue weighted by atomic mass is 10.1. The summed E-state index contributed by atoms with van der Waals surface area (Å²) in [6.45, 7) is 6.73. The van der Waals surface area contributed by atoms with Gasteiger partial charge in [-0.05, 0) is 18.6 Å². The third kappa shape index (κ3) is 2.11. The quantitative estimate of drug-likeness (QED) is 0.757. The van der Waals surface area contributed by atoms with Gasteiger partial charge in [-0.3, -0.25) is 9.88 Å². The van der Waals surface area contributed by atoms with Crippen LogP contribution in [0.1, 0.15) is 18.5 Å². The molecule has 14 heavy (non-hydrogen) atoms. The molecule has 0 amide bonds. The summed E-state index contributed by atoms with van der Waals surface area (Å²) < 4.78 is 0. The van der Waals surface area contributed by atoms with Crippen molar-refractivity contribution in [1.82, 2.24) is 15.2 Å². The Kier molecular flexibility index (Phi) is 3.11. The number of piperazine rings is 1. The molecule has 0 unspecified atom stereocenters. The zero-order valence-electron chi connectivity index (χ0n) is 8.61. The van der Waals surface area contributed by atoms with E-state index in [4.69, 9.17) is 0 Å². The molecular weight excluding hydrogens is 174 g/mol. The second kappa shape index (κ2) is 4.53. The molecule has 0 aliphatic carbocycles. The summed E-state index contributed by atoms with van der Waals surface area (Å²) >= 11 is 0. The van der Waals surface area contributed by atoms with Gasteiger partial charge < -0.3 is 5.32 Å². The molecule has 1 aliphatic heterocycles. The van der Waals surface area contributed by atoms with E-state index in [-0.39, 0.29) is 0 Å². The van der Waals surface area contributed by atoms with Crippen molar-refractivity contribution < 1.29 is 0 Å². The van der Waals surface area contributed by atoms with Gasteiger partial charge in [-0.15, -0.1) is 0 Å². The molecule has 2 heterocycles. The molecule has 0 spiro atoms. The number of nitrogens with zero attached hydrogens (tertiary/aromatic N) is 2. The monoisotopic (exact) mass is 191 g/mol. The Balaban J connectivity index is 2.03. The van der Waals surface area contributed by atoms with Gasteiger partial charge in [0, 0.05) is 44.6 Å². The van der Waals surface area contributed by atoms with Crippen LogP contribution in [0, 0.1) is 0 Å². The van der Waals surface area contributed by atoms with E-state index in [1.807, 2.05) is 18.5 Å². The molecule has 1 N–H and O–H groups in total. The SMILES string of the molecule is C[C@@H](c1cccnc1)N1CCNCC1. The molecule has 76 valence electrons. The number of aromatic nitrogens is 1. The summed E-state index contributed by atoms with van der Waals surface area (Å²) in [5, 5.41) is 3.36. The lowest BCUT2D eigenvalue weighted by molar-refractivity contribution is 0.185. The van der Waals surface area contributed by atoms with E-state index in [0.717, 1.165) is 26.2 Å². The van der Waals surface area contributed by atoms with Gasteiger partial charge in [0.25, 0.3) is 0 Å². The highest BCUT2D eigenvalue weighted by atomic mass is 15.2. The minimum absolute atomic E-state index is 0.491. The van der Waals surface area contributed by atoms with Gasteiger partial charge >= 0.3 is 0 Å². The summed E-state index contributed by atoms with van der Waals surface area (Å²) in [7, 11) is 0. The van der Waals surface area contributed by atoms with Gasteiger partial charge in [0.05, 0.1) is 0 Å². The first kappa shape index (κ1) is 9.62. The molecule has 0 bridgehead atoms. The van der Waals surface area contributed by atoms with Gasteiger partial charge in [-0.1, -0.05) is 6.07 Å². The molecule has 2 rings (SSSR count). The number of hydrogen-bond donors (Lipinski definition) is 1. The van der Waals surface area contributed by atoms with E-state index in [1.54, 1.807) is 0 Å². The zero-order valence-corrected chi connectivity index (χ0v) is 8.61. The van der Waals surface area contributed by atoms with Gasteiger partial charge in [0.1, 0.15) is 0 Å². The molecule has 1 aromatic heterocycles. The Morgan fingerprint density at radius 1 is 1.43 bits per heavy atom. The third-order valence-electron chi connectivity index (χ3n) is 2.87. The van der Waals surface area contributed by atoms with Crippen LogP contribution in [0.15, 0.2) is 24.5 Å². The normalized spacial score (nSPS) is 20.6. The molecular formula is C11H17N3. The number of nitrogens with one attached hydrogen (secondary N) is 1. The Labute approximate surface area is 85.1 Å². The Bertz CT molecular complexity index is 267. The predicted octanol–water partition coefficient (Wildman–Crippen LogP) is 1.05. The van der Waals surface area contributed by atoms with Crippen molar-refractivity contribution in [2.75, 3.05) is 26.2 Å². The third-order valence-corrected chi connectivity index (χ3v) is 2.87. The molecule has 1 atom stereocenters. The second-order valence-corrected chi connectivity index (χ2v) is 3.75. The number of rotatable bonds is 2. The van der Waals surface area contributed by atoms with Crippen molar-refractivity contribution in [2.24, 2.45) is 0 Å². The first-order valence-electron chi connectivity index (χ1n) is 5.22. The van der Waals surface area contributed by atoms with Crippen molar-refractivity contribution >= 4 is 0 Å². The summed E-state index contributed by atoms with van der Waals surface area (Å²) in [5.41, 5.74) is 1.31. The molecule has 1 aliphatic rings. The predicted molar refractivity (Wildman–Crippen MR) is 57.1 cm³/mol. The van der Waals surface area contributed by atoms with Crippen molar-refractivity contribution in [3.8, 4) is 0 Å². The average molecular weight is 191 g/mol. The molecule has 3 nitrogen and oxygen atoms in total. The van der Waals surface area contributed by atoms with Gasteiger partial charge in [-0.2, -0.15) is 0 Å². The fourth-order valence-electron chi connectivity index (χ4n) is 1.90. The van der Waals surface area contributed by atoms with E-state index >= 15 is 0 Å². The molecule has 1 saturated heterocycles. The molecule has 3 heteroatoms. The lowest BCUT2D eigenvalue weighted by Crippen LogP contribution is -2.44. The standard InChI is InChI=1S/C11H17N3/c1-10(11-3-2-4-13-9-11)14-7-5-12-6-8-14/h2-4,9-10,12H,5-8H2,1H3/t10-/m0/s1. The smallest absolute Gasteiger partial charge is 0.0336 e. The number of pyridine rings is 1. The molecule has 1 aromatic rings. The Morgan fingerprint density at radius 2 is 2.21 bits per heavy atom. The van der Waals surface area contributed by atoms with Crippen LogP contribution < -0.4 is 5.32 Å². The van der Waals surface area contributed by atoms with Crippen LogP contribution in [0.2, 0.25) is 0 Å². The van der Waals surface area contributed by atoms with Gasteiger partial charge in [0.15, 0.2) is 0 Å². The van der Waals surface area contributed by atoms with Gasteiger partial charge in [-0.25, -0.2) is 0 Å². The van der Waals surface area contributed by atoms with E-state index in [9.17, 15) is 0 Å². The summed E-state index contributed by atoms with van der Waals surface area (Å²) in [5.74, 6) is 0. The maximum Gasteiger partial charge on any atom is 0.0336 e. The minimum atomic E-state index is 0.491. The lowest BCUT2D eigenvalue weighted by Gasteiger charge is -2.32. The topological polar surface area (TPSA) is 28.2 Å². The average Bonchev–Trinajstić information content (AvgIpc) is 2.30. The number of hydrogen-bond acceptors (Lipinski definition) is 3. The summed E-state index contributed by atoms with van der Waals surface area (Å²) in [6, 6.07) is 4.65. The van der Waals surface area contributed by atoms with Crippen LogP contribution in [-0.2, 0) is 0 Å². The first-order valence-corrected chi connectivity index (χ1v) is 5.22. The van der Waals surface area contributed by atoms with E-state index in [1.165, 1.54) is 5.56 Å². The van der Waals surface area contributed by atoms with Crippen molar-refractivity contribution in [1.29, 1.82) is 0 Å². The summed E-state index contributed by atoms with van der Waals surface area (Å²) in [6.07, 6.45) is 3.79. The van der Waals surface area contributed by atoms with E-state index < -0.39 is 0 Å². The molecule has 0 radical (unpaired) electrons. The van der Waals surface area contributed by atoms with Gasteiger partial charge in [0.2, 0.25) is 0 Å². The van der Waals surface area contributed by atoms with Crippen LogP contribution in [0.25, 0.3) is 0 Å². The van der Waals surface area contributed by atoms with Crippen molar-refractivity contribution in [2.45, 2.75) is 13.0 Å². The molecule has 0 aromatic carbocycles. The maximum atomic E-state index is 4.16. The highest BCUT2D eigenvalue weighted by Gasteiger charge is 2.17. The second-order valence-electron chi connectivity index (χ2n) is 3.75. The van der Waals surface area contributed by atoms with Crippen LogP contribution >= 0.6 is 0 Å². The molecule has 0 saturated carbocycles. The Morgan fingerprint density at radius 3 is 2.86 bits per heavy atom. The van der Waals surface area contributed by atoms with Crippen molar-refractivity contribution in [3.63, 3.8) is 0 Å². The van der Waals surface area contributed by atoms with Crippen LogP contribution in [-0.4, -0.2) is 36.1 Å². The summed E-state index contributed by atoms with van der Waals surface area (Å²) in [4.78, 5) is 6.65. The molecule has 1 fully saturated rings. The highest BCUT2D eigenvalue weighted by Crippen LogP contribution is 2.18. The van der Waals surface area contributed by atoms with E-state index in [0.29, 0.717) is 6.04 Å². The fourth-order valence-corrected chi connectivity index (χ4v) is 1.90. The van der Waals surface area contributed by atoms with E-state index in [2.05, 4.69) is 28.2 Å². The first-order chi connectivity index (χ1) is 6.88. The van der Waals surface area contributed by atoms with Crippen LogP contribution in [0.5, 0.6) is 0 Å². The van der Waals surface area contributed by atoms with Crippen LogP contribution in [0.4, 0.5) is 0 Å². The Hall–Kier alpha value is -0.930. The largest absolute Gasteiger partial charge is 0.314 e. The zero-order chi connectivity index (χ0) is 9.80. The van der Waals surface area contributed by atoms with Crippen LogP contribution in [0.3, 0.4) is 0 Å². The highest BCUT2D eigenvalue weighted by molar-refractivity contribution is 5.13. The fraction of sp³-hybridized carbons (Fsp3) is 0.545. The minimum Gasteiger partial charge on any atom is -0.314 e. The maximum absolute atomic E-state index is 4.16. The van der Waals surface area contributed by atoms with Crippen molar-refractivity contribution in [3.05, 3.63) is 30.1 Å².